The van der Waals surface area contributed by atoms with E-state index < -0.39 is 0 Å². The van der Waals surface area contributed by atoms with Gasteiger partial charge in [-0.1, -0.05) is 25.7 Å². The van der Waals surface area contributed by atoms with Crippen LogP contribution in [0.1, 0.15) is 32.2 Å². The van der Waals surface area contributed by atoms with Gasteiger partial charge < -0.3 is 15.4 Å². The van der Waals surface area contributed by atoms with E-state index in [0.29, 0.717) is 23.9 Å². The molecule has 3 heterocycles. The number of anilines is 1. The van der Waals surface area contributed by atoms with E-state index in [0.717, 1.165) is 54.0 Å². The van der Waals surface area contributed by atoms with E-state index in [-0.39, 0.29) is 11.9 Å². The van der Waals surface area contributed by atoms with Crippen LogP contribution in [0.4, 0.5) is 5.82 Å². The maximum Gasteiger partial charge on any atom is 0.246 e. The van der Waals surface area contributed by atoms with Crippen LogP contribution in [0.2, 0.25) is 0 Å². The van der Waals surface area contributed by atoms with Gasteiger partial charge in [-0.15, -0.1) is 0 Å². The number of carbonyl (C=O) groups excluding carboxylic acids is 1. The van der Waals surface area contributed by atoms with Crippen molar-refractivity contribution in [1.29, 1.82) is 0 Å². The van der Waals surface area contributed by atoms with E-state index in [4.69, 9.17) is 15.6 Å². The molecule has 5 rings (SSSR count). The summed E-state index contributed by atoms with van der Waals surface area (Å²) < 4.78 is 8.00. The van der Waals surface area contributed by atoms with E-state index in [2.05, 4.69) is 29.5 Å². The molecule has 8 nitrogen and oxygen atoms in total. The van der Waals surface area contributed by atoms with Crippen molar-refractivity contribution in [2.75, 3.05) is 18.8 Å². The largest absolute Gasteiger partial charge is 0.461 e. The number of amides is 1. The molecule has 1 unspecified atom stereocenters. The standard InChI is InChI=1S/C26H28N6O2/c1-3-22(33)31-14-6-8-19(15-31)32-26-23(25(27)28-16-29-26)24(30-32)18-10-12-20(13-11-18)34-21-9-5-4-7-17(21)2/h3-5,9-13,16-17,19H,1,6-8,14-15H2,2H3,(H2,27,28,29)/t17?,19-/m1/s1. The maximum atomic E-state index is 12.2. The first-order chi connectivity index (χ1) is 16.5. The average molecular weight is 457 g/mol. The second kappa shape index (κ2) is 9.13. The Morgan fingerprint density at radius 2 is 2.09 bits per heavy atom. The fourth-order valence-corrected chi connectivity index (χ4v) is 4.61. The molecular weight excluding hydrogens is 428 g/mol. The number of nitrogen functional groups attached to an aromatic ring is 1. The highest BCUT2D eigenvalue weighted by Gasteiger charge is 2.28. The highest BCUT2D eigenvalue weighted by atomic mass is 16.5. The molecule has 34 heavy (non-hydrogen) atoms. The van der Waals surface area contributed by atoms with Gasteiger partial charge in [-0.2, -0.15) is 5.10 Å². The monoisotopic (exact) mass is 456 g/mol. The number of piperidine rings is 1. The number of nitrogens with two attached hydrogens (primary N) is 1. The second-order valence-electron chi connectivity index (χ2n) is 8.80. The predicted molar refractivity (Wildman–Crippen MR) is 132 cm³/mol. The summed E-state index contributed by atoms with van der Waals surface area (Å²) in [6.45, 7) is 7.05. The van der Waals surface area contributed by atoms with Crippen LogP contribution < -0.4 is 10.5 Å². The van der Waals surface area contributed by atoms with Crippen LogP contribution in [0.3, 0.4) is 0 Å². The van der Waals surface area contributed by atoms with Gasteiger partial charge in [0.1, 0.15) is 29.3 Å². The van der Waals surface area contributed by atoms with Crippen molar-refractivity contribution in [2.24, 2.45) is 5.92 Å². The molecule has 2 aliphatic rings. The summed E-state index contributed by atoms with van der Waals surface area (Å²) in [5.74, 6) is 2.40. The van der Waals surface area contributed by atoms with Crippen molar-refractivity contribution in [2.45, 2.75) is 32.2 Å². The van der Waals surface area contributed by atoms with Gasteiger partial charge in [0.15, 0.2) is 5.65 Å². The summed E-state index contributed by atoms with van der Waals surface area (Å²) in [6.07, 6.45) is 11.8. The molecule has 1 fully saturated rings. The smallest absolute Gasteiger partial charge is 0.246 e. The summed E-state index contributed by atoms with van der Waals surface area (Å²) in [4.78, 5) is 22.7. The molecule has 0 saturated carbocycles. The van der Waals surface area contributed by atoms with Gasteiger partial charge in [0.25, 0.3) is 0 Å². The summed E-state index contributed by atoms with van der Waals surface area (Å²) in [7, 11) is 0. The third-order valence-electron chi connectivity index (χ3n) is 6.48. The van der Waals surface area contributed by atoms with E-state index in [1.54, 1.807) is 4.90 Å². The van der Waals surface area contributed by atoms with E-state index in [9.17, 15) is 4.79 Å². The lowest BCUT2D eigenvalue weighted by Gasteiger charge is -2.32. The van der Waals surface area contributed by atoms with Crippen LogP contribution in [0.25, 0.3) is 22.3 Å². The van der Waals surface area contributed by atoms with E-state index in [1.807, 2.05) is 41.1 Å². The summed E-state index contributed by atoms with van der Waals surface area (Å²) in [5, 5.41) is 5.65. The van der Waals surface area contributed by atoms with Crippen molar-refractivity contribution in [3.8, 4) is 17.0 Å². The second-order valence-corrected chi connectivity index (χ2v) is 8.80. The van der Waals surface area contributed by atoms with Gasteiger partial charge in [0, 0.05) is 24.6 Å². The molecule has 0 radical (unpaired) electrons. The van der Waals surface area contributed by atoms with Crippen molar-refractivity contribution < 1.29 is 9.53 Å². The fourth-order valence-electron chi connectivity index (χ4n) is 4.61. The van der Waals surface area contributed by atoms with Gasteiger partial charge in [0.05, 0.1) is 11.4 Å². The lowest BCUT2D eigenvalue weighted by molar-refractivity contribution is -0.127. The molecule has 2 N–H and O–H groups in total. The molecule has 1 aliphatic heterocycles. The Morgan fingerprint density at radius 3 is 2.85 bits per heavy atom. The number of fused-ring (bicyclic) bond motifs is 1. The normalized spacial score (nSPS) is 20.3. The molecule has 174 valence electrons. The minimum Gasteiger partial charge on any atom is -0.461 e. The number of allylic oxidation sites excluding steroid dienone is 4. The SMILES string of the molecule is C=CC(=O)N1CCC[C@@H](n2nc(-c3ccc(OC4=CC=CCC4C)cc3)c3c(N)ncnc32)C1. The molecule has 2 aromatic heterocycles. The maximum absolute atomic E-state index is 12.2. The number of nitrogens with zero attached hydrogens (tertiary/aromatic N) is 5. The van der Waals surface area contributed by atoms with Gasteiger partial charge in [-0.25, -0.2) is 14.6 Å². The zero-order valence-electron chi connectivity index (χ0n) is 19.2. The minimum absolute atomic E-state index is 0.00131. The lowest BCUT2D eigenvalue weighted by Crippen LogP contribution is -2.40. The highest BCUT2D eigenvalue weighted by Crippen LogP contribution is 2.35. The number of hydrogen-bond donors (Lipinski definition) is 1. The predicted octanol–water partition coefficient (Wildman–Crippen LogP) is 4.28. The first kappa shape index (κ1) is 21.9. The van der Waals surface area contributed by atoms with Gasteiger partial charge >= 0.3 is 0 Å². The van der Waals surface area contributed by atoms with Gasteiger partial charge in [-0.05, 0) is 55.7 Å². The Labute approximate surface area is 198 Å². The van der Waals surface area contributed by atoms with E-state index in [1.165, 1.54) is 12.4 Å². The van der Waals surface area contributed by atoms with Gasteiger partial charge in [0.2, 0.25) is 5.91 Å². The van der Waals surface area contributed by atoms with Crippen LogP contribution in [-0.2, 0) is 4.79 Å². The number of hydrogen-bond acceptors (Lipinski definition) is 6. The molecule has 0 spiro atoms. The molecule has 2 atom stereocenters. The molecular formula is C26H28N6O2. The zero-order chi connectivity index (χ0) is 23.7. The van der Waals surface area contributed by atoms with Crippen molar-refractivity contribution in [3.05, 3.63) is 67.2 Å². The first-order valence-corrected chi connectivity index (χ1v) is 11.6. The number of aromatic nitrogens is 4. The summed E-state index contributed by atoms with van der Waals surface area (Å²) >= 11 is 0. The Morgan fingerprint density at radius 1 is 1.26 bits per heavy atom. The Balaban J connectivity index is 1.48. The third-order valence-corrected chi connectivity index (χ3v) is 6.48. The molecule has 8 heteroatoms. The molecule has 1 amide bonds. The van der Waals surface area contributed by atoms with Crippen molar-refractivity contribution in [1.82, 2.24) is 24.6 Å². The van der Waals surface area contributed by atoms with Crippen LogP contribution in [0.5, 0.6) is 5.75 Å². The Hall–Kier alpha value is -3.94. The number of likely N-dealkylation sites (tertiary alicyclic amines) is 1. The van der Waals surface area contributed by atoms with Gasteiger partial charge in [-0.3, -0.25) is 4.79 Å². The average Bonchev–Trinajstić information content (AvgIpc) is 3.26. The first-order valence-electron chi connectivity index (χ1n) is 11.6. The van der Waals surface area contributed by atoms with Crippen LogP contribution >= 0.6 is 0 Å². The highest BCUT2D eigenvalue weighted by molar-refractivity contribution is 5.98. The van der Waals surface area contributed by atoms with E-state index >= 15 is 0 Å². The number of benzene rings is 1. The minimum atomic E-state index is -0.0657. The summed E-state index contributed by atoms with van der Waals surface area (Å²) in [5.41, 5.74) is 8.58. The number of ether oxygens (including phenoxy) is 1. The number of rotatable bonds is 5. The molecule has 0 bridgehead atoms. The Kier molecular flexibility index (Phi) is 5.88. The lowest BCUT2D eigenvalue weighted by atomic mass is 10.0. The molecule has 1 saturated heterocycles. The molecule has 3 aromatic rings. The summed E-state index contributed by atoms with van der Waals surface area (Å²) in [6, 6.07) is 7.84. The molecule has 1 aromatic carbocycles. The van der Waals surface area contributed by atoms with Crippen molar-refractivity contribution >= 4 is 22.8 Å². The molecule has 1 aliphatic carbocycles. The number of carbonyl (C=O) groups is 1. The van der Waals surface area contributed by atoms with Crippen LogP contribution in [0, 0.1) is 5.92 Å². The zero-order valence-corrected chi connectivity index (χ0v) is 19.2. The third kappa shape index (κ3) is 4.07. The Bertz CT molecular complexity index is 1290. The van der Waals surface area contributed by atoms with Crippen molar-refractivity contribution in [3.63, 3.8) is 0 Å². The van der Waals surface area contributed by atoms with Crippen LogP contribution in [-0.4, -0.2) is 43.6 Å². The fraction of sp³-hybridized carbons (Fsp3) is 0.308. The topological polar surface area (TPSA) is 99.2 Å². The quantitative estimate of drug-likeness (QED) is 0.575. The van der Waals surface area contributed by atoms with Crippen LogP contribution in [0.15, 0.2) is 67.2 Å².